The Hall–Kier alpha value is -3.91. The lowest BCUT2D eigenvalue weighted by Crippen LogP contribution is -2.71. The molecule has 0 spiro atoms. The van der Waals surface area contributed by atoms with Gasteiger partial charge >= 0.3 is 5.97 Å². The number of rotatable bonds is 8. The van der Waals surface area contributed by atoms with Gasteiger partial charge in [-0.25, -0.2) is 9.78 Å². The zero-order valence-electron chi connectivity index (χ0n) is 20.0. The predicted octanol–water partition coefficient (Wildman–Crippen LogP) is 0.617. The standard InChI is InChI=1S/C23H23N7O5S2/c1-3-13-8-28(9-14-5-4-6-29(13)14)7-12-10-36-21-17(20(32)30(21)18(12)22(33)34)26-19(31)16(27-35-2)15-11-37-23(24)25-15/h4-6,8-9,11,17,21H,3,7,10H2,1-2H3,(H3-,24,25,26,31,33,34)/p+1/b27-16-/t17-,21+/m1/s1. The van der Waals surface area contributed by atoms with Crippen LogP contribution in [-0.2, 0) is 32.2 Å². The van der Waals surface area contributed by atoms with E-state index < -0.39 is 29.2 Å². The number of nitrogens with zero attached hydrogens (tertiary/aromatic N) is 5. The van der Waals surface area contributed by atoms with Gasteiger partial charge in [0.05, 0.1) is 5.69 Å². The number of hydrogen-bond donors (Lipinski definition) is 3. The highest BCUT2D eigenvalue weighted by molar-refractivity contribution is 8.00. The van der Waals surface area contributed by atoms with Gasteiger partial charge in [-0.3, -0.25) is 14.5 Å². The molecule has 0 radical (unpaired) electrons. The third-order valence-electron chi connectivity index (χ3n) is 6.14. The summed E-state index contributed by atoms with van der Waals surface area (Å²) in [6.45, 7) is 2.38. The fourth-order valence-electron chi connectivity index (χ4n) is 4.50. The summed E-state index contributed by atoms with van der Waals surface area (Å²) in [7, 11) is 1.29. The molecule has 2 aliphatic rings. The Balaban J connectivity index is 1.38. The van der Waals surface area contributed by atoms with Crippen LogP contribution in [0.25, 0.3) is 5.52 Å². The van der Waals surface area contributed by atoms with Crippen molar-refractivity contribution in [1.29, 1.82) is 0 Å². The van der Waals surface area contributed by atoms with E-state index in [2.05, 4.69) is 26.8 Å². The van der Waals surface area contributed by atoms with Crippen LogP contribution in [0.3, 0.4) is 0 Å². The summed E-state index contributed by atoms with van der Waals surface area (Å²) in [5, 5.41) is 17.7. The first-order valence-corrected chi connectivity index (χ1v) is 13.3. The largest absolute Gasteiger partial charge is 0.477 e. The molecule has 0 unspecified atom stereocenters. The summed E-state index contributed by atoms with van der Waals surface area (Å²) in [5.74, 6) is -1.96. The number of β-lactam (4-membered cyclic amide) rings is 1. The van der Waals surface area contributed by atoms with Crippen molar-refractivity contribution in [2.75, 3.05) is 18.6 Å². The fraction of sp³-hybridized carbons (Fsp3) is 0.304. The lowest BCUT2D eigenvalue weighted by Gasteiger charge is -2.49. The first kappa shape index (κ1) is 24.8. The van der Waals surface area contributed by atoms with Gasteiger partial charge < -0.3 is 25.4 Å². The minimum absolute atomic E-state index is 0.0434. The summed E-state index contributed by atoms with van der Waals surface area (Å²) in [4.78, 5) is 48.4. The summed E-state index contributed by atoms with van der Waals surface area (Å²) < 4.78 is 4.03. The number of anilines is 1. The number of nitrogens with two attached hydrogens (primary N) is 1. The number of carbonyl (C=O) groups is 3. The minimum Gasteiger partial charge on any atom is -0.477 e. The number of oxime groups is 1. The number of carboxylic acids is 1. The minimum atomic E-state index is -1.18. The van der Waals surface area contributed by atoms with Crippen LogP contribution in [0, 0.1) is 0 Å². The predicted molar refractivity (Wildman–Crippen MR) is 137 cm³/mol. The van der Waals surface area contributed by atoms with Gasteiger partial charge in [0.2, 0.25) is 0 Å². The third-order valence-corrected chi connectivity index (χ3v) is 8.15. The molecule has 2 atom stereocenters. The Morgan fingerprint density at radius 3 is 2.89 bits per heavy atom. The smallest absolute Gasteiger partial charge is 0.352 e. The van der Waals surface area contributed by atoms with Gasteiger partial charge in [-0.1, -0.05) is 12.1 Å². The maximum atomic E-state index is 13.1. The molecule has 4 N–H and O–H groups in total. The first-order chi connectivity index (χ1) is 17.8. The number of fused-ring (bicyclic) bond motifs is 2. The number of nitrogen functional groups attached to an aromatic ring is 1. The highest BCUT2D eigenvalue weighted by Crippen LogP contribution is 2.40. The average Bonchev–Trinajstić information content (AvgIpc) is 3.53. The number of hydrogen-bond acceptors (Lipinski definition) is 9. The van der Waals surface area contributed by atoms with Gasteiger partial charge in [0.25, 0.3) is 11.8 Å². The Labute approximate surface area is 219 Å². The molecule has 0 bridgehead atoms. The van der Waals surface area contributed by atoms with E-state index in [0.29, 0.717) is 17.9 Å². The summed E-state index contributed by atoms with van der Waals surface area (Å²) >= 11 is 2.54. The number of carbonyl (C=O) groups excluding carboxylic acids is 2. The van der Waals surface area contributed by atoms with E-state index in [1.165, 1.54) is 23.8 Å². The fourth-order valence-corrected chi connectivity index (χ4v) is 6.38. The third kappa shape index (κ3) is 4.42. The molecule has 0 aliphatic carbocycles. The normalized spacial score (nSPS) is 19.6. The van der Waals surface area contributed by atoms with Crippen LogP contribution in [0.1, 0.15) is 18.3 Å². The second-order valence-electron chi connectivity index (χ2n) is 8.39. The Morgan fingerprint density at radius 2 is 2.22 bits per heavy atom. The van der Waals surface area contributed by atoms with Gasteiger partial charge in [-0.15, -0.1) is 23.1 Å². The number of amides is 2. The number of aryl methyl sites for hydroxylation is 1. The second-order valence-corrected chi connectivity index (χ2v) is 10.4. The highest BCUT2D eigenvalue weighted by Gasteiger charge is 2.54. The Bertz CT molecular complexity index is 1480. The number of carboxylic acid groups (broad SMARTS) is 1. The quantitative estimate of drug-likeness (QED) is 0.162. The lowest BCUT2D eigenvalue weighted by molar-refractivity contribution is -0.688. The maximum absolute atomic E-state index is 13.1. The molecule has 1 fully saturated rings. The van der Waals surface area contributed by atoms with E-state index in [4.69, 9.17) is 10.6 Å². The highest BCUT2D eigenvalue weighted by atomic mass is 32.2. The van der Waals surface area contributed by atoms with Crippen LogP contribution >= 0.6 is 23.1 Å². The van der Waals surface area contributed by atoms with E-state index in [9.17, 15) is 19.5 Å². The second kappa shape index (κ2) is 9.86. The summed E-state index contributed by atoms with van der Waals surface area (Å²) in [6.07, 6.45) is 6.73. The topological polar surface area (TPSA) is 156 Å². The van der Waals surface area contributed by atoms with Gasteiger partial charge in [-0.05, 0) is 18.6 Å². The molecule has 3 aromatic heterocycles. The number of thiazole rings is 1. The van der Waals surface area contributed by atoms with Gasteiger partial charge in [0.15, 0.2) is 29.8 Å². The molecule has 12 nitrogen and oxygen atoms in total. The molecule has 3 aromatic rings. The van der Waals surface area contributed by atoms with Crippen LogP contribution in [0.5, 0.6) is 0 Å². The van der Waals surface area contributed by atoms with Crippen LogP contribution < -0.4 is 15.6 Å². The summed E-state index contributed by atoms with van der Waals surface area (Å²) in [5.41, 5.74) is 8.42. The van der Waals surface area contributed by atoms with Crippen molar-refractivity contribution < 1.29 is 28.9 Å². The molecule has 0 saturated carbocycles. The monoisotopic (exact) mass is 542 g/mol. The van der Waals surface area contributed by atoms with Crippen LogP contribution in [0.4, 0.5) is 5.13 Å². The zero-order valence-corrected chi connectivity index (χ0v) is 21.6. The molecule has 1 saturated heterocycles. The molecule has 2 aliphatic heterocycles. The lowest BCUT2D eigenvalue weighted by atomic mass is 10.0. The number of aliphatic carboxylic acids is 1. The van der Waals surface area contributed by atoms with Crippen molar-refractivity contribution >= 4 is 57.2 Å². The van der Waals surface area contributed by atoms with Crippen LogP contribution in [0.2, 0.25) is 0 Å². The molecular formula is C23H24N7O5S2+. The first-order valence-electron chi connectivity index (χ1n) is 11.3. The van der Waals surface area contributed by atoms with Crippen molar-refractivity contribution in [2.45, 2.75) is 31.3 Å². The molecule has 192 valence electrons. The van der Waals surface area contributed by atoms with Crippen molar-refractivity contribution in [3.05, 3.63) is 58.8 Å². The maximum Gasteiger partial charge on any atom is 0.352 e. The number of aromatic nitrogens is 3. The van der Waals surface area contributed by atoms with Gasteiger partial charge in [0.1, 0.15) is 35.4 Å². The molecular weight excluding hydrogens is 518 g/mol. The van der Waals surface area contributed by atoms with Crippen molar-refractivity contribution in [2.24, 2.45) is 5.16 Å². The van der Waals surface area contributed by atoms with Gasteiger partial charge in [0, 0.05) is 22.9 Å². The van der Waals surface area contributed by atoms with E-state index in [1.807, 2.05) is 35.3 Å². The van der Waals surface area contributed by atoms with Crippen molar-refractivity contribution in [3.63, 3.8) is 0 Å². The zero-order chi connectivity index (χ0) is 26.3. The average molecular weight is 543 g/mol. The van der Waals surface area contributed by atoms with Crippen molar-refractivity contribution in [1.82, 2.24) is 19.6 Å². The summed E-state index contributed by atoms with van der Waals surface area (Å²) in [6, 6.07) is 3.03. The molecule has 5 heterocycles. The number of thioether (sulfide) groups is 1. The van der Waals surface area contributed by atoms with Crippen molar-refractivity contribution in [3.8, 4) is 0 Å². The molecule has 37 heavy (non-hydrogen) atoms. The molecule has 0 aromatic carbocycles. The van der Waals surface area contributed by atoms with E-state index in [-0.39, 0.29) is 22.2 Å². The van der Waals surface area contributed by atoms with E-state index in [0.717, 1.165) is 29.0 Å². The molecule has 5 rings (SSSR count). The Morgan fingerprint density at radius 1 is 1.41 bits per heavy atom. The van der Waals surface area contributed by atoms with Crippen LogP contribution in [0.15, 0.2) is 52.5 Å². The SMILES string of the molecule is CCc1c[n+](CC2=C(C(=O)O)N3C(=O)[C@@H](NC(=O)/C(=N\OC)c4csc(N)n4)[C@@H]3SC2)cc2cccn12. The molecule has 14 heteroatoms. The number of nitrogens with one attached hydrogen (secondary N) is 1. The molecule has 2 amide bonds. The van der Waals surface area contributed by atoms with E-state index in [1.54, 1.807) is 5.38 Å². The van der Waals surface area contributed by atoms with Crippen LogP contribution in [-0.4, -0.2) is 67.2 Å². The van der Waals surface area contributed by atoms with Gasteiger partial charge in [-0.2, -0.15) is 4.57 Å². The Kier molecular flexibility index (Phi) is 6.60. The van der Waals surface area contributed by atoms with E-state index >= 15 is 0 Å².